The van der Waals surface area contributed by atoms with E-state index >= 15 is 0 Å². The summed E-state index contributed by atoms with van der Waals surface area (Å²) in [6, 6.07) is 11.4. The van der Waals surface area contributed by atoms with Crippen LogP contribution in [0.5, 0.6) is 0 Å². The van der Waals surface area contributed by atoms with Gasteiger partial charge in [-0.25, -0.2) is 9.78 Å². The van der Waals surface area contributed by atoms with Crippen LogP contribution in [0.15, 0.2) is 48.8 Å². The van der Waals surface area contributed by atoms with Crippen LogP contribution < -0.4 is 5.32 Å². The molecule has 0 radical (unpaired) electrons. The van der Waals surface area contributed by atoms with Crippen LogP contribution in [-0.2, 0) is 23.3 Å². The van der Waals surface area contributed by atoms with Gasteiger partial charge in [0.15, 0.2) is 0 Å². The normalized spacial score (nSPS) is 21.7. The number of aryl methyl sites for hydroxylation is 2. The van der Waals surface area contributed by atoms with Gasteiger partial charge in [0.1, 0.15) is 11.2 Å². The summed E-state index contributed by atoms with van der Waals surface area (Å²) in [5, 5.41) is 2.95. The van der Waals surface area contributed by atoms with Gasteiger partial charge in [0, 0.05) is 12.4 Å². The minimum atomic E-state index is -0.913. The average molecular weight is 346 g/mol. The summed E-state index contributed by atoms with van der Waals surface area (Å²) in [7, 11) is 0. The van der Waals surface area contributed by atoms with Gasteiger partial charge in [-0.1, -0.05) is 30.3 Å². The fourth-order valence-corrected chi connectivity index (χ4v) is 4.13. The van der Waals surface area contributed by atoms with Gasteiger partial charge in [-0.05, 0) is 42.5 Å². The summed E-state index contributed by atoms with van der Waals surface area (Å²) in [5.74, 6) is -0.180. The van der Waals surface area contributed by atoms with Crippen molar-refractivity contribution in [3.05, 3.63) is 71.2 Å². The highest BCUT2D eigenvalue weighted by Crippen LogP contribution is 2.41. The molecule has 1 atom stereocenters. The first-order valence-corrected chi connectivity index (χ1v) is 8.73. The second-order valence-corrected chi connectivity index (χ2v) is 7.09. The molecule has 1 saturated heterocycles. The summed E-state index contributed by atoms with van der Waals surface area (Å²) < 4.78 is 1.92. The molecule has 1 spiro atoms. The van der Waals surface area contributed by atoms with E-state index in [-0.39, 0.29) is 18.5 Å². The predicted octanol–water partition coefficient (Wildman–Crippen LogP) is 2.54. The first-order chi connectivity index (χ1) is 12.6. The number of urea groups is 1. The minimum absolute atomic E-state index is 0.176. The quantitative estimate of drug-likeness (QED) is 0.725. The molecule has 0 unspecified atom stereocenters. The highest BCUT2D eigenvalue weighted by atomic mass is 16.2. The number of rotatable bonds is 2. The van der Waals surface area contributed by atoms with Crippen LogP contribution >= 0.6 is 0 Å². The topological polar surface area (TPSA) is 66.7 Å². The second-order valence-electron chi connectivity index (χ2n) is 7.09. The van der Waals surface area contributed by atoms with Crippen molar-refractivity contribution in [3.63, 3.8) is 0 Å². The predicted molar refractivity (Wildman–Crippen MR) is 95.5 cm³/mol. The van der Waals surface area contributed by atoms with Crippen molar-refractivity contribution < 1.29 is 9.59 Å². The fourth-order valence-electron chi connectivity index (χ4n) is 4.13. The molecule has 1 aromatic carbocycles. The number of carbonyl (C=O) groups excluding carboxylic acids is 2. The zero-order chi connectivity index (χ0) is 17.9. The number of nitrogens with zero attached hydrogens (tertiary/aromatic N) is 3. The molecule has 1 aliphatic carbocycles. The molecular formula is C20H18N4O2. The largest absolute Gasteiger partial charge is 0.325 e. The zero-order valence-corrected chi connectivity index (χ0v) is 14.4. The van der Waals surface area contributed by atoms with Crippen LogP contribution in [0.25, 0.3) is 5.65 Å². The van der Waals surface area contributed by atoms with E-state index in [9.17, 15) is 9.59 Å². The van der Waals surface area contributed by atoms with E-state index < -0.39 is 5.54 Å². The van der Waals surface area contributed by atoms with Crippen LogP contribution in [0.1, 0.15) is 28.8 Å². The summed E-state index contributed by atoms with van der Waals surface area (Å²) in [6.07, 6.45) is 5.25. The number of benzene rings is 1. The number of imide groups is 1. The Morgan fingerprint density at radius 3 is 2.88 bits per heavy atom. The molecule has 130 valence electrons. The lowest BCUT2D eigenvalue weighted by molar-refractivity contribution is -0.132. The van der Waals surface area contributed by atoms with E-state index in [0.29, 0.717) is 12.1 Å². The third-order valence-electron chi connectivity index (χ3n) is 5.39. The maximum Gasteiger partial charge on any atom is 0.325 e. The number of nitrogens with one attached hydrogen (secondary N) is 1. The molecule has 5 rings (SSSR count). The number of hydrogen-bond acceptors (Lipinski definition) is 3. The van der Waals surface area contributed by atoms with E-state index in [1.165, 1.54) is 4.90 Å². The highest BCUT2D eigenvalue weighted by molar-refractivity contribution is 6.08. The molecule has 0 bridgehead atoms. The highest BCUT2D eigenvalue weighted by Gasteiger charge is 2.55. The van der Waals surface area contributed by atoms with Crippen molar-refractivity contribution in [2.45, 2.75) is 31.8 Å². The lowest BCUT2D eigenvalue weighted by Crippen LogP contribution is -2.41. The lowest BCUT2D eigenvalue weighted by Gasteiger charge is -2.22. The van der Waals surface area contributed by atoms with Crippen molar-refractivity contribution in [2.24, 2.45) is 0 Å². The summed E-state index contributed by atoms with van der Waals surface area (Å²) in [4.78, 5) is 31.6. The Morgan fingerprint density at radius 2 is 2.00 bits per heavy atom. The van der Waals surface area contributed by atoms with Gasteiger partial charge in [0.25, 0.3) is 5.91 Å². The van der Waals surface area contributed by atoms with Crippen molar-refractivity contribution in [2.75, 3.05) is 0 Å². The Hall–Kier alpha value is -3.15. The van der Waals surface area contributed by atoms with Crippen molar-refractivity contribution in [1.82, 2.24) is 19.6 Å². The summed E-state index contributed by atoms with van der Waals surface area (Å²) in [5.41, 5.74) is 3.76. The van der Waals surface area contributed by atoms with Crippen LogP contribution in [0.2, 0.25) is 0 Å². The lowest BCUT2D eigenvalue weighted by atomic mass is 9.92. The zero-order valence-electron chi connectivity index (χ0n) is 14.4. The number of carbonyl (C=O) groups is 2. The molecule has 2 aromatic heterocycles. The maximum absolute atomic E-state index is 13.2. The first kappa shape index (κ1) is 15.1. The molecule has 1 N–H and O–H groups in total. The Balaban J connectivity index is 1.49. The van der Waals surface area contributed by atoms with Gasteiger partial charge in [0.2, 0.25) is 0 Å². The van der Waals surface area contributed by atoms with E-state index in [0.717, 1.165) is 28.8 Å². The third-order valence-corrected chi connectivity index (χ3v) is 5.39. The summed E-state index contributed by atoms with van der Waals surface area (Å²) >= 11 is 0. The molecule has 1 aliphatic heterocycles. The van der Waals surface area contributed by atoms with Gasteiger partial charge >= 0.3 is 6.03 Å². The maximum atomic E-state index is 13.2. The molecule has 1 fully saturated rings. The molecule has 6 nitrogen and oxygen atoms in total. The van der Waals surface area contributed by atoms with Crippen molar-refractivity contribution in [3.8, 4) is 0 Å². The van der Waals surface area contributed by atoms with E-state index in [4.69, 9.17) is 0 Å². The molecule has 2 aliphatic rings. The first-order valence-electron chi connectivity index (χ1n) is 8.73. The van der Waals surface area contributed by atoms with Crippen LogP contribution in [-0.4, -0.2) is 26.2 Å². The Labute approximate surface area is 150 Å². The van der Waals surface area contributed by atoms with Crippen molar-refractivity contribution >= 4 is 17.6 Å². The average Bonchev–Trinajstić information content (AvgIpc) is 3.27. The molecule has 6 heteroatoms. The molecular weight excluding hydrogens is 328 g/mol. The number of amides is 3. The SMILES string of the molecule is Cc1ccc2nc(CN3C(=O)N[C@@]4(CCc5ccccc54)C3=O)cn2c1. The molecule has 3 amide bonds. The van der Waals surface area contributed by atoms with E-state index in [1.54, 1.807) is 0 Å². The van der Waals surface area contributed by atoms with E-state index in [1.807, 2.05) is 60.1 Å². The second kappa shape index (κ2) is 5.17. The van der Waals surface area contributed by atoms with Crippen LogP contribution in [0, 0.1) is 6.92 Å². The number of hydrogen-bond donors (Lipinski definition) is 1. The van der Waals surface area contributed by atoms with Gasteiger partial charge < -0.3 is 9.72 Å². The molecule has 26 heavy (non-hydrogen) atoms. The monoisotopic (exact) mass is 346 g/mol. The van der Waals surface area contributed by atoms with E-state index in [2.05, 4.69) is 10.3 Å². The minimum Gasteiger partial charge on any atom is -0.319 e. The smallest absolute Gasteiger partial charge is 0.319 e. The number of imidazole rings is 1. The van der Waals surface area contributed by atoms with Gasteiger partial charge in [-0.2, -0.15) is 0 Å². The third kappa shape index (κ3) is 2.02. The molecule has 3 heterocycles. The van der Waals surface area contributed by atoms with Crippen LogP contribution in [0.3, 0.4) is 0 Å². The van der Waals surface area contributed by atoms with Gasteiger partial charge in [-0.3, -0.25) is 9.69 Å². The number of fused-ring (bicyclic) bond motifs is 3. The van der Waals surface area contributed by atoms with Crippen LogP contribution in [0.4, 0.5) is 4.79 Å². The van der Waals surface area contributed by atoms with Gasteiger partial charge in [0.05, 0.1) is 12.2 Å². The Bertz CT molecular complexity index is 1070. The Morgan fingerprint density at radius 1 is 1.15 bits per heavy atom. The molecule has 3 aromatic rings. The fraction of sp³-hybridized carbons (Fsp3) is 0.250. The summed E-state index contributed by atoms with van der Waals surface area (Å²) in [6.45, 7) is 2.19. The Kier molecular flexibility index (Phi) is 3.01. The number of pyridine rings is 1. The molecule has 0 saturated carbocycles. The van der Waals surface area contributed by atoms with Crippen molar-refractivity contribution in [1.29, 1.82) is 0 Å². The standard InChI is InChI=1S/C20H18N4O2/c1-13-6-7-17-21-15(11-23(17)10-13)12-24-18(25)20(22-19(24)26)9-8-14-4-2-3-5-16(14)20/h2-7,10-11H,8-9,12H2,1H3,(H,22,26)/t20-/m1/s1. The number of aromatic nitrogens is 2. The van der Waals surface area contributed by atoms with Gasteiger partial charge in [-0.15, -0.1) is 0 Å².